The van der Waals surface area contributed by atoms with E-state index in [1.807, 2.05) is 0 Å². The number of benzene rings is 3. The van der Waals surface area contributed by atoms with Crippen molar-refractivity contribution >= 4 is 0 Å². The Balaban J connectivity index is 1.70. The first-order valence-electron chi connectivity index (χ1n) is 9.89. The molecule has 26 heavy (non-hydrogen) atoms. The van der Waals surface area contributed by atoms with E-state index >= 15 is 0 Å². The minimum atomic E-state index is 0.577. The fourth-order valence-electron chi connectivity index (χ4n) is 3.89. The topological polar surface area (TPSA) is 0 Å². The average molecular weight is 343 g/mol. The molecule has 3 aromatic rings. The molecule has 0 radical (unpaired) electrons. The summed E-state index contributed by atoms with van der Waals surface area (Å²) in [5.41, 5.74) is 4.38. The standard InChI is InChI=1S/C26H30/c1-21(23-12-6-3-7-13-23)18-19-26(25-16-10-5-11-17-25)20-22(2)24-14-8-4-9-15-24/h3-17,21-22,26H,18-20H2,1-2H3. The Labute approximate surface area is 158 Å². The van der Waals surface area contributed by atoms with Crippen LogP contribution in [0.25, 0.3) is 0 Å². The van der Waals surface area contributed by atoms with Crippen LogP contribution in [0.2, 0.25) is 0 Å². The zero-order chi connectivity index (χ0) is 18.2. The smallest absolute Gasteiger partial charge is 0.0156 e. The second-order valence-corrected chi connectivity index (χ2v) is 7.54. The molecule has 0 saturated carbocycles. The van der Waals surface area contributed by atoms with Gasteiger partial charge >= 0.3 is 0 Å². The monoisotopic (exact) mass is 342 g/mol. The van der Waals surface area contributed by atoms with Crippen molar-refractivity contribution in [2.24, 2.45) is 0 Å². The Morgan fingerprint density at radius 3 is 1.42 bits per heavy atom. The maximum absolute atomic E-state index is 2.37. The number of hydrogen-bond donors (Lipinski definition) is 0. The molecule has 3 atom stereocenters. The van der Waals surface area contributed by atoms with Gasteiger partial charge in [0.1, 0.15) is 0 Å². The molecule has 0 fully saturated rings. The second-order valence-electron chi connectivity index (χ2n) is 7.54. The fraction of sp³-hybridized carbons (Fsp3) is 0.308. The highest BCUT2D eigenvalue weighted by Crippen LogP contribution is 2.35. The SMILES string of the molecule is CC(CCC(CC(C)c1ccccc1)c1ccccc1)c1ccccc1. The Kier molecular flexibility index (Phi) is 6.66. The van der Waals surface area contributed by atoms with E-state index in [4.69, 9.17) is 0 Å². The first-order chi connectivity index (χ1) is 12.7. The molecule has 0 aromatic heterocycles. The molecular weight excluding hydrogens is 312 g/mol. The fourth-order valence-corrected chi connectivity index (χ4v) is 3.89. The Morgan fingerprint density at radius 1 is 0.500 bits per heavy atom. The molecule has 0 amide bonds. The summed E-state index contributed by atoms with van der Waals surface area (Å²) in [5, 5.41) is 0. The molecule has 3 unspecified atom stereocenters. The summed E-state index contributed by atoms with van der Waals surface area (Å²) in [4.78, 5) is 0. The summed E-state index contributed by atoms with van der Waals surface area (Å²) < 4.78 is 0. The normalized spacial score (nSPS) is 14.5. The number of hydrogen-bond acceptors (Lipinski definition) is 0. The van der Waals surface area contributed by atoms with Crippen LogP contribution < -0.4 is 0 Å². The minimum absolute atomic E-state index is 0.577. The molecule has 3 aromatic carbocycles. The third kappa shape index (κ3) is 5.08. The van der Waals surface area contributed by atoms with E-state index in [0.717, 1.165) is 0 Å². The van der Waals surface area contributed by atoms with Crippen molar-refractivity contribution in [3.05, 3.63) is 108 Å². The lowest BCUT2D eigenvalue weighted by Gasteiger charge is -2.23. The van der Waals surface area contributed by atoms with Gasteiger partial charge in [-0.2, -0.15) is 0 Å². The van der Waals surface area contributed by atoms with Crippen LogP contribution in [0.5, 0.6) is 0 Å². The Hall–Kier alpha value is -2.34. The Morgan fingerprint density at radius 2 is 0.923 bits per heavy atom. The van der Waals surface area contributed by atoms with Gasteiger partial charge in [0.15, 0.2) is 0 Å². The predicted octanol–water partition coefficient (Wildman–Crippen LogP) is 7.55. The van der Waals surface area contributed by atoms with Gasteiger partial charge in [-0.1, -0.05) is 105 Å². The largest absolute Gasteiger partial charge is 0.0622 e. The summed E-state index contributed by atoms with van der Waals surface area (Å²) >= 11 is 0. The Bertz CT molecular complexity index is 746. The quantitative estimate of drug-likeness (QED) is 0.396. The lowest BCUT2D eigenvalue weighted by molar-refractivity contribution is 0.487. The van der Waals surface area contributed by atoms with Crippen LogP contribution in [-0.2, 0) is 0 Å². The molecule has 0 nitrogen and oxygen atoms in total. The van der Waals surface area contributed by atoms with Gasteiger partial charge in [0, 0.05) is 0 Å². The van der Waals surface area contributed by atoms with Crippen molar-refractivity contribution in [2.45, 2.75) is 50.9 Å². The summed E-state index contributed by atoms with van der Waals surface area (Å²) in [6, 6.07) is 32.9. The van der Waals surface area contributed by atoms with E-state index in [1.165, 1.54) is 36.0 Å². The molecule has 3 rings (SSSR count). The van der Waals surface area contributed by atoms with Crippen molar-refractivity contribution < 1.29 is 0 Å². The molecule has 0 heterocycles. The van der Waals surface area contributed by atoms with Crippen LogP contribution in [0.1, 0.15) is 67.6 Å². The van der Waals surface area contributed by atoms with Gasteiger partial charge in [0.25, 0.3) is 0 Å². The van der Waals surface area contributed by atoms with Gasteiger partial charge in [0.05, 0.1) is 0 Å². The van der Waals surface area contributed by atoms with Crippen LogP contribution in [0.3, 0.4) is 0 Å². The molecule has 0 heteroatoms. The first-order valence-corrected chi connectivity index (χ1v) is 9.89. The maximum atomic E-state index is 2.37. The zero-order valence-electron chi connectivity index (χ0n) is 16.0. The van der Waals surface area contributed by atoms with E-state index in [0.29, 0.717) is 17.8 Å². The average Bonchev–Trinajstić information content (AvgIpc) is 2.72. The summed E-state index contributed by atoms with van der Waals surface area (Å²) in [6.45, 7) is 4.73. The van der Waals surface area contributed by atoms with Crippen molar-refractivity contribution in [2.75, 3.05) is 0 Å². The van der Waals surface area contributed by atoms with Gasteiger partial charge in [-0.15, -0.1) is 0 Å². The summed E-state index contributed by atoms with van der Waals surface area (Å²) in [6.07, 6.45) is 3.66. The van der Waals surface area contributed by atoms with Gasteiger partial charge in [0.2, 0.25) is 0 Å². The first kappa shape index (κ1) is 18.5. The van der Waals surface area contributed by atoms with Gasteiger partial charge < -0.3 is 0 Å². The van der Waals surface area contributed by atoms with E-state index in [1.54, 1.807) is 0 Å². The lowest BCUT2D eigenvalue weighted by atomic mass is 9.81. The van der Waals surface area contributed by atoms with Crippen LogP contribution >= 0.6 is 0 Å². The van der Waals surface area contributed by atoms with E-state index < -0.39 is 0 Å². The van der Waals surface area contributed by atoms with Crippen LogP contribution in [-0.4, -0.2) is 0 Å². The molecule has 0 aliphatic carbocycles. The van der Waals surface area contributed by atoms with Gasteiger partial charge in [-0.25, -0.2) is 0 Å². The van der Waals surface area contributed by atoms with E-state index in [2.05, 4.69) is 105 Å². The molecule has 0 spiro atoms. The third-order valence-corrected chi connectivity index (χ3v) is 5.59. The third-order valence-electron chi connectivity index (χ3n) is 5.59. The van der Waals surface area contributed by atoms with Gasteiger partial charge in [-0.05, 0) is 53.7 Å². The van der Waals surface area contributed by atoms with Crippen molar-refractivity contribution in [1.29, 1.82) is 0 Å². The number of rotatable bonds is 8. The zero-order valence-corrected chi connectivity index (χ0v) is 16.0. The van der Waals surface area contributed by atoms with Crippen molar-refractivity contribution in [1.82, 2.24) is 0 Å². The molecule has 0 aliphatic heterocycles. The molecule has 0 N–H and O–H groups in total. The molecule has 134 valence electrons. The maximum Gasteiger partial charge on any atom is -0.0156 e. The highest BCUT2D eigenvalue weighted by Gasteiger charge is 2.18. The summed E-state index contributed by atoms with van der Waals surface area (Å²) in [7, 11) is 0. The van der Waals surface area contributed by atoms with Crippen molar-refractivity contribution in [3.8, 4) is 0 Å². The molecule has 0 saturated heterocycles. The molecule has 0 aliphatic rings. The second kappa shape index (κ2) is 9.38. The van der Waals surface area contributed by atoms with E-state index in [9.17, 15) is 0 Å². The van der Waals surface area contributed by atoms with Gasteiger partial charge in [-0.3, -0.25) is 0 Å². The summed E-state index contributed by atoms with van der Waals surface area (Å²) in [5.74, 6) is 1.79. The molecular formula is C26H30. The predicted molar refractivity (Wildman–Crippen MR) is 113 cm³/mol. The molecule has 0 bridgehead atoms. The minimum Gasteiger partial charge on any atom is -0.0622 e. The van der Waals surface area contributed by atoms with Crippen molar-refractivity contribution in [3.63, 3.8) is 0 Å². The highest BCUT2D eigenvalue weighted by atomic mass is 14.2. The highest BCUT2D eigenvalue weighted by molar-refractivity contribution is 5.24. The van der Waals surface area contributed by atoms with E-state index in [-0.39, 0.29) is 0 Å². The van der Waals surface area contributed by atoms with Crippen LogP contribution in [0.15, 0.2) is 91.0 Å². The van der Waals surface area contributed by atoms with Crippen LogP contribution in [0.4, 0.5) is 0 Å². The van der Waals surface area contributed by atoms with Crippen LogP contribution in [0, 0.1) is 0 Å². The lowest BCUT2D eigenvalue weighted by Crippen LogP contribution is -2.06.